The number of carboxylic acid groups (broad SMARTS) is 1. The third-order valence-corrected chi connectivity index (χ3v) is 3.90. The summed E-state index contributed by atoms with van der Waals surface area (Å²) in [6.07, 6.45) is 0.776. The van der Waals surface area contributed by atoms with E-state index in [4.69, 9.17) is 14.6 Å². The summed E-state index contributed by atoms with van der Waals surface area (Å²) in [6.45, 7) is 2.95. The zero-order valence-corrected chi connectivity index (χ0v) is 13.8. The fourth-order valence-corrected chi connectivity index (χ4v) is 2.69. The number of ether oxygens (including phenoxy) is 2. The number of amides is 1. The molecule has 1 aliphatic rings. The van der Waals surface area contributed by atoms with Crippen LogP contribution in [0.2, 0.25) is 0 Å². The van der Waals surface area contributed by atoms with Crippen molar-refractivity contribution in [3.63, 3.8) is 0 Å². The topological polar surface area (TPSA) is 84.9 Å². The van der Waals surface area contributed by atoms with Crippen molar-refractivity contribution in [3.05, 3.63) is 59.2 Å². The number of rotatable bonds is 5. The Morgan fingerprint density at radius 1 is 1.20 bits per heavy atom. The lowest BCUT2D eigenvalue weighted by molar-refractivity contribution is 0.0696. The van der Waals surface area contributed by atoms with Gasteiger partial charge in [-0.2, -0.15) is 0 Å². The Morgan fingerprint density at radius 2 is 1.96 bits per heavy atom. The fourth-order valence-electron chi connectivity index (χ4n) is 2.69. The summed E-state index contributed by atoms with van der Waals surface area (Å²) in [4.78, 5) is 23.7. The van der Waals surface area contributed by atoms with Crippen molar-refractivity contribution in [1.29, 1.82) is 0 Å². The maximum absolute atomic E-state index is 12.5. The van der Waals surface area contributed by atoms with Crippen molar-refractivity contribution in [2.75, 3.05) is 18.5 Å². The number of carboxylic acids is 1. The van der Waals surface area contributed by atoms with E-state index < -0.39 is 5.97 Å². The van der Waals surface area contributed by atoms with E-state index >= 15 is 0 Å². The molecule has 0 aliphatic carbocycles. The van der Waals surface area contributed by atoms with Gasteiger partial charge in [-0.3, -0.25) is 4.79 Å². The molecule has 1 fully saturated rings. The van der Waals surface area contributed by atoms with Crippen LogP contribution in [0.3, 0.4) is 0 Å². The van der Waals surface area contributed by atoms with E-state index in [9.17, 15) is 9.59 Å². The van der Waals surface area contributed by atoms with E-state index in [2.05, 4.69) is 5.32 Å². The predicted molar refractivity (Wildman–Crippen MR) is 92.4 cm³/mol. The van der Waals surface area contributed by atoms with Gasteiger partial charge in [-0.1, -0.05) is 12.1 Å². The third kappa shape index (κ3) is 4.16. The van der Waals surface area contributed by atoms with Crippen LogP contribution >= 0.6 is 0 Å². The van der Waals surface area contributed by atoms with Crippen LogP contribution in [0.5, 0.6) is 5.75 Å². The Labute approximate surface area is 145 Å². The number of benzene rings is 2. The Balaban J connectivity index is 1.80. The molecule has 1 atom stereocenters. The minimum Gasteiger partial charge on any atom is -0.486 e. The van der Waals surface area contributed by atoms with Crippen LogP contribution in [0.1, 0.15) is 32.7 Å². The van der Waals surface area contributed by atoms with Crippen LogP contribution in [-0.2, 0) is 4.74 Å². The molecule has 1 unspecified atom stereocenters. The Hall–Kier alpha value is -2.86. The summed E-state index contributed by atoms with van der Waals surface area (Å²) in [5, 5.41) is 11.9. The average Bonchev–Trinajstić information content (AvgIpc) is 3.09. The van der Waals surface area contributed by atoms with E-state index in [0.29, 0.717) is 30.2 Å². The molecule has 3 rings (SSSR count). The van der Waals surface area contributed by atoms with Crippen molar-refractivity contribution < 1.29 is 24.2 Å². The molecule has 2 aromatic carbocycles. The Morgan fingerprint density at radius 3 is 2.68 bits per heavy atom. The number of para-hydroxylation sites is 2. The van der Waals surface area contributed by atoms with Gasteiger partial charge in [0.1, 0.15) is 11.9 Å². The minimum absolute atomic E-state index is 0.0318. The molecule has 6 nitrogen and oxygen atoms in total. The van der Waals surface area contributed by atoms with E-state index in [1.807, 2.05) is 6.07 Å². The van der Waals surface area contributed by atoms with Gasteiger partial charge in [0, 0.05) is 12.0 Å². The van der Waals surface area contributed by atoms with Crippen LogP contribution in [0, 0.1) is 6.92 Å². The maximum Gasteiger partial charge on any atom is 0.335 e. The molecule has 0 radical (unpaired) electrons. The van der Waals surface area contributed by atoms with Gasteiger partial charge in [0.2, 0.25) is 0 Å². The number of hydrogen-bond donors (Lipinski definition) is 2. The zero-order chi connectivity index (χ0) is 17.8. The quantitative estimate of drug-likeness (QED) is 0.873. The van der Waals surface area contributed by atoms with Crippen LogP contribution < -0.4 is 10.1 Å². The number of carbonyl (C=O) groups is 2. The molecule has 0 aromatic heterocycles. The molecule has 130 valence electrons. The number of aromatic carboxylic acids is 1. The molecule has 25 heavy (non-hydrogen) atoms. The number of hydrogen-bond acceptors (Lipinski definition) is 4. The van der Waals surface area contributed by atoms with Crippen LogP contribution in [-0.4, -0.2) is 36.3 Å². The zero-order valence-electron chi connectivity index (χ0n) is 13.8. The first kappa shape index (κ1) is 17.0. The van der Waals surface area contributed by atoms with E-state index in [1.165, 1.54) is 12.1 Å². The van der Waals surface area contributed by atoms with Gasteiger partial charge >= 0.3 is 5.97 Å². The number of anilines is 1. The normalized spacial score (nSPS) is 16.4. The molecule has 1 amide bonds. The molecule has 1 saturated heterocycles. The second-order valence-electron chi connectivity index (χ2n) is 5.95. The molecule has 2 N–H and O–H groups in total. The standard InChI is InChI=1S/C19H19NO5/c1-12-8-13(10-14(9-12)19(22)23)18(21)20-16-4-2-3-5-17(16)25-15-6-7-24-11-15/h2-5,8-10,15H,6-7,11H2,1H3,(H,20,21)(H,22,23). The monoisotopic (exact) mass is 341 g/mol. The van der Waals surface area contributed by atoms with Crippen molar-refractivity contribution in [2.24, 2.45) is 0 Å². The van der Waals surface area contributed by atoms with Crippen molar-refractivity contribution >= 4 is 17.6 Å². The first-order valence-corrected chi connectivity index (χ1v) is 8.02. The minimum atomic E-state index is -1.07. The summed E-state index contributed by atoms with van der Waals surface area (Å²) in [7, 11) is 0. The summed E-state index contributed by atoms with van der Waals surface area (Å²) >= 11 is 0. The maximum atomic E-state index is 12.5. The molecule has 1 heterocycles. The van der Waals surface area contributed by atoms with Gasteiger partial charge in [-0.05, 0) is 42.8 Å². The van der Waals surface area contributed by atoms with Gasteiger partial charge in [0.25, 0.3) is 5.91 Å². The molecule has 1 aliphatic heterocycles. The predicted octanol–water partition coefficient (Wildman–Crippen LogP) is 3.11. The second kappa shape index (κ2) is 7.36. The lowest BCUT2D eigenvalue weighted by Gasteiger charge is -2.16. The molecule has 2 aromatic rings. The highest BCUT2D eigenvalue weighted by atomic mass is 16.5. The SMILES string of the molecule is Cc1cc(C(=O)O)cc(C(=O)Nc2ccccc2OC2CCOC2)c1. The van der Waals surface area contributed by atoms with E-state index in [1.54, 1.807) is 31.2 Å². The highest BCUT2D eigenvalue weighted by Gasteiger charge is 2.19. The Bertz CT molecular complexity index is 796. The molecule has 0 saturated carbocycles. The summed E-state index contributed by atoms with van der Waals surface area (Å²) in [5.41, 5.74) is 1.62. The number of aryl methyl sites for hydroxylation is 1. The van der Waals surface area contributed by atoms with E-state index in [-0.39, 0.29) is 23.1 Å². The molecule has 0 spiro atoms. The Kier molecular flexibility index (Phi) is 5.00. The van der Waals surface area contributed by atoms with Gasteiger partial charge in [0.05, 0.1) is 24.5 Å². The summed E-state index contributed by atoms with van der Waals surface area (Å²) in [6, 6.07) is 11.7. The summed E-state index contributed by atoms with van der Waals surface area (Å²) < 4.78 is 11.2. The van der Waals surface area contributed by atoms with Gasteiger partial charge in [0.15, 0.2) is 0 Å². The number of carbonyl (C=O) groups excluding carboxylic acids is 1. The number of nitrogens with one attached hydrogen (secondary N) is 1. The fraction of sp³-hybridized carbons (Fsp3) is 0.263. The van der Waals surface area contributed by atoms with Crippen LogP contribution in [0.4, 0.5) is 5.69 Å². The van der Waals surface area contributed by atoms with Crippen molar-refractivity contribution in [1.82, 2.24) is 0 Å². The first-order chi connectivity index (χ1) is 12.0. The molecule has 0 bridgehead atoms. The molecular weight excluding hydrogens is 322 g/mol. The van der Waals surface area contributed by atoms with Gasteiger partial charge in [-0.25, -0.2) is 4.79 Å². The summed E-state index contributed by atoms with van der Waals surface area (Å²) in [5.74, 6) is -0.884. The first-order valence-electron chi connectivity index (χ1n) is 8.02. The average molecular weight is 341 g/mol. The third-order valence-electron chi connectivity index (χ3n) is 3.90. The largest absolute Gasteiger partial charge is 0.486 e. The van der Waals surface area contributed by atoms with Gasteiger partial charge in [-0.15, -0.1) is 0 Å². The lowest BCUT2D eigenvalue weighted by atomic mass is 10.1. The van der Waals surface area contributed by atoms with Gasteiger partial charge < -0.3 is 19.9 Å². The molecule has 6 heteroatoms. The second-order valence-corrected chi connectivity index (χ2v) is 5.95. The van der Waals surface area contributed by atoms with Crippen LogP contribution in [0.25, 0.3) is 0 Å². The lowest BCUT2D eigenvalue weighted by Crippen LogP contribution is -2.18. The highest BCUT2D eigenvalue weighted by molar-refractivity contribution is 6.06. The van der Waals surface area contributed by atoms with Crippen LogP contribution in [0.15, 0.2) is 42.5 Å². The van der Waals surface area contributed by atoms with Crippen molar-refractivity contribution in [3.8, 4) is 5.75 Å². The smallest absolute Gasteiger partial charge is 0.335 e. The van der Waals surface area contributed by atoms with Crippen molar-refractivity contribution in [2.45, 2.75) is 19.4 Å². The highest BCUT2D eigenvalue weighted by Crippen LogP contribution is 2.27. The molecular formula is C19H19NO5. The van der Waals surface area contributed by atoms with E-state index in [0.717, 1.165) is 6.42 Å².